The normalized spacial score (nSPS) is 18.7. The summed E-state index contributed by atoms with van der Waals surface area (Å²) in [7, 11) is 0. The molecule has 226 valence electrons. The number of hydrogen-bond donors (Lipinski definition) is 1. The first-order valence-electron chi connectivity index (χ1n) is 14.2. The van der Waals surface area contributed by atoms with Crippen molar-refractivity contribution in [2.75, 3.05) is 18.0 Å². The van der Waals surface area contributed by atoms with Crippen LogP contribution in [-0.2, 0) is 22.7 Å². The fourth-order valence-electron chi connectivity index (χ4n) is 5.85. The largest absolute Gasteiger partial charge is 0.488 e. The number of imide groups is 1. The van der Waals surface area contributed by atoms with E-state index in [4.69, 9.17) is 10.00 Å². The van der Waals surface area contributed by atoms with Crippen molar-refractivity contribution in [2.45, 2.75) is 55.0 Å². The van der Waals surface area contributed by atoms with Crippen molar-refractivity contribution in [1.29, 1.82) is 5.26 Å². The van der Waals surface area contributed by atoms with Crippen LogP contribution in [-0.4, -0.2) is 47.0 Å². The number of thioether (sulfide) groups is 1. The summed E-state index contributed by atoms with van der Waals surface area (Å²) in [6.07, 6.45) is 1.65. The molecule has 0 bridgehead atoms. The highest BCUT2D eigenvalue weighted by atomic mass is 32.2. The average Bonchev–Trinajstić information content (AvgIpc) is 3.36. The van der Waals surface area contributed by atoms with E-state index >= 15 is 8.78 Å². The molecule has 3 aromatic rings. The zero-order chi connectivity index (χ0) is 31.0. The fourth-order valence-corrected chi connectivity index (χ4v) is 6.99. The number of benzene rings is 3. The molecule has 0 aromatic heterocycles. The first-order chi connectivity index (χ1) is 21.2. The summed E-state index contributed by atoms with van der Waals surface area (Å²) < 4.78 is 50.6. The highest BCUT2D eigenvalue weighted by molar-refractivity contribution is 8.00. The Labute approximate surface area is 255 Å². The molecule has 6 rings (SSSR count). The molecule has 0 saturated carbocycles. The lowest BCUT2D eigenvalue weighted by Crippen LogP contribution is -2.52. The number of hydrogen-bond acceptors (Lipinski definition) is 7. The average molecular weight is 621 g/mol. The molecule has 1 N–H and O–H groups in total. The lowest BCUT2D eigenvalue weighted by atomic mass is 10.0. The second-order valence-electron chi connectivity index (χ2n) is 10.9. The first kappa shape index (κ1) is 29.6. The smallest absolute Gasteiger partial charge is 0.255 e. The maximum atomic E-state index is 15.2. The molecule has 44 heavy (non-hydrogen) atoms. The van der Waals surface area contributed by atoms with Gasteiger partial charge in [0.15, 0.2) is 11.6 Å². The van der Waals surface area contributed by atoms with Crippen LogP contribution < -0.4 is 15.0 Å². The Balaban J connectivity index is 1.08. The Morgan fingerprint density at radius 3 is 2.52 bits per heavy atom. The number of ether oxygens (including phenoxy) is 1. The maximum absolute atomic E-state index is 15.2. The van der Waals surface area contributed by atoms with Crippen molar-refractivity contribution >= 4 is 35.2 Å². The molecule has 3 aromatic carbocycles. The monoisotopic (exact) mass is 620 g/mol. The van der Waals surface area contributed by atoms with E-state index in [1.165, 1.54) is 34.9 Å². The topological polar surface area (TPSA) is 103 Å². The van der Waals surface area contributed by atoms with Crippen molar-refractivity contribution in [3.05, 3.63) is 88.2 Å². The third-order valence-electron chi connectivity index (χ3n) is 8.20. The SMILES string of the molecule is N#Cc1ccc(N2CCC(Sc3ccc(COc4cccc5c4CN([C@@H]4CCC(=O)NC4=O)C5=O)c(F)c3F)CC2)c(F)c1. The van der Waals surface area contributed by atoms with Gasteiger partial charge in [-0.15, -0.1) is 11.8 Å². The Morgan fingerprint density at radius 1 is 1.00 bits per heavy atom. The van der Waals surface area contributed by atoms with E-state index in [9.17, 15) is 18.8 Å². The van der Waals surface area contributed by atoms with Crippen molar-refractivity contribution in [3.63, 3.8) is 0 Å². The summed E-state index contributed by atoms with van der Waals surface area (Å²) >= 11 is 1.25. The molecule has 8 nitrogen and oxygen atoms in total. The first-order valence-corrected chi connectivity index (χ1v) is 15.1. The number of halogens is 3. The van der Waals surface area contributed by atoms with Crippen LogP contribution in [0.3, 0.4) is 0 Å². The molecule has 0 unspecified atom stereocenters. The highest BCUT2D eigenvalue weighted by Gasteiger charge is 2.40. The lowest BCUT2D eigenvalue weighted by Gasteiger charge is -2.33. The van der Waals surface area contributed by atoms with Crippen LogP contribution in [0.15, 0.2) is 53.4 Å². The second kappa shape index (κ2) is 12.2. The predicted molar refractivity (Wildman–Crippen MR) is 155 cm³/mol. The molecule has 2 saturated heterocycles. The quantitative estimate of drug-likeness (QED) is 0.368. The van der Waals surface area contributed by atoms with E-state index in [-0.39, 0.29) is 59.1 Å². The Morgan fingerprint density at radius 2 is 1.80 bits per heavy atom. The second-order valence-corrected chi connectivity index (χ2v) is 12.2. The number of rotatable bonds is 7. The molecule has 1 atom stereocenters. The zero-order valence-corrected chi connectivity index (χ0v) is 24.3. The number of anilines is 1. The number of carbonyl (C=O) groups is 3. The third kappa shape index (κ3) is 5.71. The van der Waals surface area contributed by atoms with Gasteiger partial charge >= 0.3 is 0 Å². The van der Waals surface area contributed by atoms with Gasteiger partial charge < -0.3 is 14.5 Å². The molecule has 12 heteroatoms. The van der Waals surface area contributed by atoms with Crippen LogP contribution in [0.25, 0.3) is 0 Å². The van der Waals surface area contributed by atoms with Gasteiger partial charge in [0, 0.05) is 46.3 Å². The van der Waals surface area contributed by atoms with Gasteiger partial charge in [0.25, 0.3) is 5.91 Å². The minimum absolute atomic E-state index is 0.0143. The van der Waals surface area contributed by atoms with E-state index in [0.717, 1.165) is 0 Å². The van der Waals surface area contributed by atoms with Gasteiger partial charge in [-0.2, -0.15) is 5.26 Å². The highest BCUT2D eigenvalue weighted by Crippen LogP contribution is 2.37. The molecule has 3 aliphatic rings. The van der Waals surface area contributed by atoms with E-state index in [1.54, 1.807) is 30.3 Å². The van der Waals surface area contributed by atoms with E-state index in [0.29, 0.717) is 48.5 Å². The molecule has 2 fully saturated rings. The maximum Gasteiger partial charge on any atom is 0.255 e. The molecule has 0 spiro atoms. The Kier molecular flexibility index (Phi) is 8.23. The number of nitrogens with zero attached hydrogens (tertiary/aromatic N) is 3. The molecule has 3 aliphatic heterocycles. The van der Waals surface area contributed by atoms with Gasteiger partial charge in [0.05, 0.1) is 23.9 Å². The lowest BCUT2D eigenvalue weighted by molar-refractivity contribution is -0.136. The van der Waals surface area contributed by atoms with Gasteiger partial charge in [0.2, 0.25) is 11.8 Å². The van der Waals surface area contributed by atoms with Gasteiger partial charge in [-0.3, -0.25) is 19.7 Å². The van der Waals surface area contributed by atoms with Crippen molar-refractivity contribution in [3.8, 4) is 11.8 Å². The molecule has 0 radical (unpaired) electrons. The van der Waals surface area contributed by atoms with Crippen molar-refractivity contribution in [1.82, 2.24) is 10.2 Å². The summed E-state index contributed by atoms with van der Waals surface area (Å²) in [6, 6.07) is 13.4. The summed E-state index contributed by atoms with van der Waals surface area (Å²) in [5, 5.41) is 11.2. The number of piperidine rings is 2. The van der Waals surface area contributed by atoms with Crippen molar-refractivity contribution in [2.24, 2.45) is 0 Å². The summed E-state index contributed by atoms with van der Waals surface area (Å²) in [4.78, 5) is 40.4. The number of amides is 3. The number of fused-ring (bicyclic) bond motifs is 1. The number of carbonyl (C=O) groups excluding carboxylic acids is 3. The van der Waals surface area contributed by atoms with Crippen LogP contribution in [0.5, 0.6) is 5.75 Å². The van der Waals surface area contributed by atoms with Gasteiger partial charge in [0.1, 0.15) is 24.2 Å². The minimum Gasteiger partial charge on any atom is -0.488 e. The van der Waals surface area contributed by atoms with Crippen molar-refractivity contribution < 1.29 is 32.3 Å². The van der Waals surface area contributed by atoms with E-state index in [1.807, 2.05) is 11.0 Å². The van der Waals surface area contributed by atoms with Crippen LogP contribution in [0.4, 0.5) is 18.9 Å². The standard InChI is InChI=1S/C32H27F3N4O4S/c33-23-14-18(15-36)4-6-24(23)38-12-10-20(11-13-38)44-27-8-5-19(29(34)30(27)35)17-43-26-3-1-2-21-22(26)16-39(32(21)42)25-7-9-28(40)37-31(25)41/h1-6,8,14,20,25H,7,9-13,16-17H2,(H,37,40,41)/t25-/m1/s1. The van der Waals surface area contributed by atoms with Crippen LogP contribution in [0.1, 0.15) is 52.7 Å². The molecule has 3 heterocycles. The summed E-state index contributed by atoms with van der Waals surface area (Å²) in [5.74, 6) is -3.36. The Hall–Kier alpha value is -4.50. The summed E-state index contributed by atoms with van der Waals surface area (Å²) in [5.41, 5.74) is 1.59. The Bertz CT molecular complexity index is 1700. The van der Waals surface area contributed by atoms with E-state index < -0.39 is 29.4 Å². The number of nitriles is 1. The fraction of sp³-hybridized carbons (Fsp3) is 0.312. The van der Waals surface area contributed by atoms with Gasteiger partial charge in [-0.1, -0.05) is 12.1 Å². The van der Waals surface area contributed by atoms with E-state index in [2.05, 4.69) is 5.32 Å². The molecular weight excluding hydrogens is 593 g/mol. The van der Waals surface area contributed by atoms with Crippen LogP contribution in [0, 0.1) is 28.8 Å². The predicted octanol–water partition coefficient (Wildman–Crippen LogP) is 5.08. The number of nitrogens with one attached hydrogen (secondary N) is 1. The molecule has 0 aliphatic carbocycles. The van der Waals surface area contributed by atoms with Crippen LogP contribution >= 0.6 is 11.8 Å². The molecule has 3 amide bonds. The minimum atomic E-state index is -1.01. The molecular formula is C32H27F3N4O4S. The summed E-state index contributed by atoms with van der Waals surface area (Å²) in [6.45, 7) is 0.910. The van der Waals surface area contributed by atoms with Gasteiger partial charge in [-0.25, -0.2) is 13.2 Å². The van der Waals surface area contributed by atoms with Gasteiger partial charge in [-0.05, 0) is 55.7 Å². The third-order valence-corrected chi connectivity index (χ3v) is 9.58. The zero-order valence-electron chi connectivity index (χ0n) is 23.4. The van der Waals surface area contributed by atoms with Crippen LogP contribution in [0.2, 0.25) is 0 Å².